The summed E-state index contributed by atoms with van der Waals surface area (Å²) in [5.74, 6) is 0.953. The monoisotopic (exact) mass is 216 g/mol. The molecule has 0 unspecified atom stereocenters. The number of thioether (sulfide) groups is 1. The van der Waals surface area contributed by atoms with Crippen molar-refractivity contribution in [2.75, 3.05) is 12.3 Å². The number of hydrogen-bond donors (Lipinski definition) is 1. The van der Waals surface area contributed by atoms with Crippen molar-refractivity contribution in [3.63, 3.8) is 0 Å². The van der Waals surface area contributed by atoms with Crippen LogP contribution in [-0.4, -0.2) is 33.3 Å². The first-order chi connectivity index (χ1) is 6.79. The lowest BCUT2D eigenvalue weighted by Crippen LogP contribution is -2.32. The number of rotatable bonds is 3. The first kappa shape index (κ1) is 11.9. The summed E-state index contributed by atoms with van der Waals surface area (Å²) < 4.78 is 2.17. The van der Waals surface area contributed by atoms with Crippen LogP contribution in [0.25, 0.3) is 0 Å². The Morgan fingerprint density at radius 1 is 1.29 bits per heavy atom. The predicted molar refractivity (Wildman–Crippen MR) is 63.4 cm³/mol. The van der Waals surface area contributed by atoms with E-state index in [0.717, 1.165) is 12.3 Å². The molecular formula is C11H22NOS+. The lowest BCUT2D eigenvalue weighted by molar-refractivity contribution is -0.570. The van der Waals surface area contributed by atoms with Gasteiger partial charge in [-0.25, -0.2) is 0 Å². The van der Waals surface area contributed by atoms with Crippen molar-refractivity contribution in [2.24, 2.45) is 0 Å². The number of nitrogens with zero attached hydrogens (tertiary/aromatic N) is 1. The smallest absolute Gasteiger partial charge is 0.398 e. The highest BCUT2D eigenvalue weighted by molar-refractivity contribution is 8.13. The first-order valence-corrected chi connectivity index (χ1v) is 6.73. The van der Waals surface area contributed by atoms with Gasteiger partial charge in [-0.15, -0.1) is 0 Å². The average Bonchev–Trinajstić information content (AvgIpc) is 2.21. The minimum Gasteiger partial charge on any atom is -0.455 e. The first-order valence-electron chi connectivity index (χ1n) is 5.75. The molecule has 0 atom stereocenters. The van der Waals surface area contributed by atoms with E-state index in [4.69, 9.17) is 0 Å². The van der Waals surface area contributed by atoms with Gasteiger partial charge in [-0.2, -0.15) is 4.58 Å². The third-order valence-electron chi connectivity index (χ3n) is 2.88. The molecule has 1 aliphatic carbocycles. The maximum Gasteiger partial charge on any atom is 0.398 e. The summed E-state index contributed by atoms with van der Waals surface area (Å²) in [5.41, 5.74) is 0. The van der Waals surface area contributed by atoms with Crippen molar-refractivity contribution in [3.05, 3.63) is 0 Å². The Morgan fingerprint density at radius 2 is 1.93 bits per heavy atom. The summed E-state index contributed by atoms with van der Waals surface area (Å²) in [6, 6.07) is 0.591. The molecule has 1 saturated carbocycles. The van der Waals surface area contributed by atoms with E-state index < -0.39 is 0 Å². The van der Waals surface area contributed by atoms with Crippen LogP contribution in [-0.2, 0) is 0 Å². The van der Waals surface area contributed by atoms with Gasteiger partial charge in [0.2, 0.25) is 0 Å². The van der Waals surface area contributed by atoms with E-state index in [1.54, 1.807) is 11.8 Å². The third-order valence-corrected chi connectivity index (χ3v) is 3.66. The molecule has 0 aliphatic heterocycles. The Morgan fingerprint density at radius 3 is 2.43 bits per heavy atom. The molecule has 1 N–H and O–H groups in total. The van der Waals surface area contributed by atoms with E-state index in [0.29, 0.717) is 11.3 Å². The summed E-state index contributed by atoms with van der Waals surface area (Å²) in [6.07, 6.45) is 6.52. The van der Waals surface area contributed by atoms with Gasteiger partial charge in [0.1, 0.15) is 6.54 Å². The van der Waals surface area contributed by atoms with E-state index >= 15 is 0 Å². The zero-order valence-corrected chi connectivity index (χ0v) is 10.1. The zero-order valence-electron chi connectivity index (χ0n) is 9.33. The molecule has 0 aromatic rings. The van der Waals surface area contributed by atoms with Crippen LogP contribution in [0.1, 0.15) is 46.0 Å². The van der Waals surface area contributed by atoms with E-state index in [9.17, 15) is 5.11 Å². The second-order valence-electron chi connectivity index (χ2n) is 3.79. The van der Waals surface area contributed by atoms with Crippen LogP contribution in [0.5, 0.6) is 0 Å². The molecule has 1 rings (SSSR count). The number of hydrogen-bond acceptors (Lipinski definition) is 1. The van der Waals surface area contributed by atoms with Gasteiger partial charge in [0.15, 0.2) is 6.04 Å². The molecule has 3 heteroatoms. The van der Waals surface area contributed by atoms with Gasteiger partial charge in [0.05, 0.1) is 0 Å². The fourth-order valence-corrected chi connectivity index (χ4v) is 2.86. The molecule has 14 heavy (non-hydrogen) atoms. The molecule has 2 nitrogen and oxygen atoms in total. The van der Waals surface area contributed by atoms with Crippen LogP contribution >= 0.6 is 11.8 Å². The van der Waals surface area contributed by atoms with Crippen molar-refractivity contribution in [2.45, 2.75) is 52.0 Å². The highest BCUT2D eigenvalue weighted by Gasteiger charge is 2.25. The van der Waals surface area contributed by atoms with E-state index in [2.05, 4.69) is 18.4 Å². The van der Waals surface area contributed by atoms with Crippen molar-refractivity contribution in [1.82, 2.24) is 0 Å². The van der Waals surface area contributed by atoms with E-state index in [-0.39, 0.29) is 0 Å². The Balaban J connectivity index is 2.62. The summed E-state index contributed by atoms with van der Waals surface area (Å²) in [4.78, 5) is 0. The second kappa shape index (κ2) is 6.33. The normalized spacial score (nSPS) is 20.7. The predicted octanol–water partition coefficient (Wildman–Crippen LogP) is 3.02. The highest BCUT2D eigenvalue weighted by Crippen LogP contribution is 2.21. The molecular weight excluding hydrogens is 194 g/mol. The lowest BCUT2D eigenvalue weighted by atomic mass is 9.95. The molecule has 1 aliphatic rings. The standard InChI is InChI=1S/C11H21NOS/c1-3-12(11(13)14-4-2)10-8-6-5-7-9-10/h10H,3-9H2,1-2H3/p+1. The Bertz CT molecular complexity index is 197. The summed E-state index contributed by atoms with van der Waals surface area (Å²) in [5, 5.41) is 10.4. The van der Waals surface area contributed by atoms with E-state index in [1.165, 1.54) is 32.1 Å². The molecule has 1 fully saturated rings. The second-order valence-corrected chi connectivity index (χ2v) is 5.02. The zero-order chi connectivity index (χ0) is 10.4. The van der Waals surface area contributed by atoms with Crippen LogP contribution in [0.4, 0.5) is 0 Å². The van der Waals surface area contributed by atoms with Gasteiger partial charge in [-0.3, -0.25) is 0 Å². The van der Waals surface area contributed by atoms with Gasteiger partial charge in [0, 0.05) is 18.6 Å². The topological polar surface area (TPSA) is 23.2 Å². The van der Waals surface area contributed by atoms with Crippen LogP contribution < -0.4 is 0 Å². The summed E-state index contributed by atoms with van der Waals surface area (Å²) >= 11 is 1.56. The fourth-order valence-electron chi connectivity index (χ4n) is 2.15. The minimum atomic E-state index is 0.530. The third kappa shape index (κ3) is 3.19. The van der Waals surface area contributed by atoms with Crippen LogP contribution in [0, 0.1) is 0 Å². The van der Waals surface area contributed by atoms with Crippen molar-refractivity contribution in [1.29, 1.82) is 0 Å². The maximum absolute atomic E-state index is 9.87. The lowest BCUT2D eigenvalue weighted by Gasteiger charge is -2.19. The van der Waals surface area contributed by atoms with E-state index in [1.807, 2.05) is 0 Å². The van der Waals surface area contributed by atoms with Gasteiger partial charge < -0.3 is 5.11 Å². The molecule has 0 heterocycles. The van der Waals surface area contributed by atoms with Gasteiger partial charge in [0.25, 0.3) is 0 Å². The molecule has 82 valence electrons. The van der Waals surface area contributed by atoms with Crippen LogP contribution in [0.15, 0.2) is 0 Å². The van der Waals surface area contributed by atoms with Crippen molar-refractivity contribution < 1.29 is 9.68 Å². The average molecular weight is 216 g/mol. The molecule has 0 aromatic carbocycles. The molecule has 0 aromatic heterocycles. The Kier molecular flexibility index (Phi) is 5.38. The highest BCUT2D eigenvalue weighted by atomic mass is 32.2. The SMILES string of the molecule is CCSC(O)=[N+](CC)C1CCCCC1. The Labute approximate surface area is 91.4 Å². The maximum atomic E-state index is 9.87. The molecule has 0 amide bonds. The summed E-state index contributed by atoms with van der Waals surface area (Å²) in [6.45, 7) is 5.14. The minimum absolute atomic E-state index is 0.530. The molecule has 0 saturated heterocycles. The molecule has 0 radical (unpaired) electrons. The van der Waals surface area contributed by atoms with Gasteiger partial charge in [-0.05, 0) is 31.5 Å². The van der Waals surface area contributed by atoms with Crippen molar-refractivity contribution in [3.8, 4) is 0 Å². The van der Waals surface area contributed by atoms with Gasteiger partial charge in [-0.1, -0.05) is 13.3 Å². The van der Waals surface area contributed by atoms with Crippen molar-refractivity contribution >= 4 is 17.0 Å². The molecule has 0 spiro atoms. The Hall–Kier alpha value is -0.180. The largest absolute Gasteiger partial charge is 0.455 e. The van der Waals surface area contributed by atoms with Crippen LogP contribution in [0.2, 0.25) is 0 Å². The quantitative estimate of drug-likeness (QED) is 0.445. The summed E-state index contributed by atoms with van der Waals surface area (Å²) in [7, 11) is 0. The van der Waals surface area contributed by atoms with Crippen LogP contribution in [0.3, 0.4) is 0 Å². The number of aliphatic hydroxyl groups excluding tert-OH is 1. The van der Waals surface area contributed by atoms with Gasteiger partial charge >= 0.3 is 5.23 Å². The fraction of sp³-hybridized carbons (Fsp3) is 0.909. The number of aliphatic hydroxyl groups is 1. The molecule has 0 bridgehead atoms.